The van der Waals surface area contributed by atoms with Gasteiger partial charge in [-0.15, -0.1) is 11.8 Å². The smallest absolute Gasteiger partial charge is 0.342 e. The number of carbonyl (C=O) groups is 2. The number of cyclic esters (lactones) is 2. The third kappa shape index (κ3) is 0.686. The van der Waals surface area contributed by atoms with E-state index < -0.39 is 11.9 Å². The highest BCUT2D eigenvalue weighted by Gasteiger charge is 2.35. The number of fused-ring (bicyclic) bond motifs is 1. The van der Waals surface area contributed by atoms with E-state index in [4.69, 9.17) is 0 Å². The third-order valence-corrected chi connectivity index (χ3v) is 2.62. The van der Waals surface area contributed by atoms with Crippen LogP contribution in [0.3, 0.4) is 0 Å². The molecule has 2 rings (SSSR count). The highest BCUT2D eigenvalue weighted by atomic mass is 32.2. The van der Waals surface area contributed by atoms with Gasteiger partial charge in [0.15, 0.2) is 0 Å². The molecule has 1 unspecified atom stereocenters. The average molecular weight is 156 g/mol. The Morgan fingerprint density at radius 1 is 1.60 bits per heavy atom. The van der Waals surface area contributed by atoms with E-state index in [1.807, 2.05) is 0 Å². The molecule has 0 saturated heterocycles. The van der Waals surface area contributed by atoms with Crippen LogP contribution >= 0.6 is 11.8 Å². The monoisotopic (exact) mass is 156 g/mol. The van der Waals surface area contributed by atoms with Gasteiger partial charge in [0.25, 0.3) is 0 Å². The molecule has 0 N–H and O–H groups in total. The van der Waals surface area contributed by atoms with E-state index in [0.717, 1.165) is 0 Å². The van der Waals surface area contributed by atoms with Crippen molar-refractivity contribution in [2.75, 3.05) is 5.75 Å². The average Bonchev–Trinajstić information content (AvgIpc) is 2.28. The number of hydrogen-bond donors (Lipinski definition) is 0. The highest BCUT2D eigenvalue weighted by Crippen LogP contribution is 2.30. The molecule has 3 nitrogen and oxygen atoms in total. The van der Waals surface area contributed by atoms with Crippen LogP contribution in [0.4, 0.5) is 0 Å². The molecule has 0 aromatic carbocycles. The predicted molar refractivity (Wildman–Crippen MR) is 35.4 cm³/mol. The Morgan fingerprint density at radius 2 is 2.40 bits per heavy atom. The molecule has 0 aromatic heterocycles. The van der Waals surface area contributed by atoms with Gasteiger partial charge in [0, 0.05) is 11.3 Å². The van der Waals surface area contributed by atoms with Crippen molar-refractivity contribution >= 4 is 23.7 Å². The molecule has 2 aliphatic heterocycles. The van der Waals surface area contributed by atoms with Gasteiger partial charge < -0.3 is 4.74 Å². The zero-order chi connectivity index (χ0) is 7.14. The quantitative estimate of drug-likeness (QED) is 0.369. The number of ether oxygens (including phenoxy) is 1. The minimum absolute atomic E-state index is 0.215. The first-order valence-electron chi connectivity index (χ1n) is 2.86. The molecule has 10 heavy (non-hydrogen) atoms. The lowest BCUT2D eigenvalue weighted by atomic mass is 10.2. The number of carbonyl (C=O) groups excluding carboxylic acids is 2. The molecule has 0 spiro atoms. The molecule has 2 bridgehead atoms. The number of hydrogen-bond acceptors (Lipinski definition) is 4. The van der Waals surface area contributed by atoms with Crippen LogP contribution in [0.2, 0.25) is 0 Å². The van der Waals surface area contributed by atoms with E-state index in [2.05, 4.69) is 4.74 Å². The van der Waals surface area contributed by atoms with Gasteiger partial charge >= 0.3 is 11.9 Å². The summed E-state index contributed by atoms with van der Waals surface area (Å²) < 4.78 is 4.41. The van der Waals surface area contributed by atoms with E-state index in [1.165, 1.54) is 11.8 Å². The van der Waals surface area contributed by atoms with Crippen LogP contribution in [-0.2, 0) is 14.3 Å². The summed E-state index contributed by atoms with van der Waals surface area (Å²) in [7, 11) is 0. The van der Waals surface area contributed by atoms with Crippen molar-refractivity contribution in [2.45, 2.75) is 5.25 Å². The van der Waals surface area contributed by atoms with Crippen molar-refractivity contribution in [3.05, 3.63) is 11.6 Å². The molecule has 52 valence electrons. The third-order valence-electron chi connectivity index (χ3n) is 1.46. The Labute approximate surface area is 61.4 Å². The topological polar surface area (TPSA) is 43.4 Å². The largest absolute Gasteiger partial charge is 0.389 e. The van der Waals surface area contributed by atoms with Gasteiger partial charge in [0.05, 0.1) is 0 Å². The molecule has 2 heterocycles. The number of rotatable bonds is 0. The SMILES string of the molecule is O=C1OC(=O)C2C=C1CS2. The fourth-order valence-electron chi connectivity index (χ4n) is 0.937. The molecule has 0 saturated carbocycles. The summed E-state index contributed by atoms with van der Waals surface area (Å²) in [6, 6.07) is 0. The van der Waals surface area contributed by atoms with Crippen molar-refractivity contribution in [1.29, 1.82) is 0 Å². The Morgan fingerprint density at radius 3 is 3.20 bits per heavy atom. The minimum atomic E-state index is -0.466. The van der Waals surface area contributed by atoms with Gasteiger partial charge in [-0.2, -0.15) is 0 Å². The van der Waals surface area contributed by atoms with Crippen molar-refractivity contribution in [2.24, 2.45) is 0 Å². The first-order chi connectivity index (χ1) is 4.77. The fraction of sp³-hybridized carbons (Fsp3) is 0.333. The maximum absolute atomic E-state index is 10.8. The second-order valence-electron chi connectivity index (χ2n) is 2.13. The summed E-state index contributed by atoms with van der Waals surface area (Å²) in [5.74, 6) is -0.266. The van der Waals surface area contributed by atoms with Gasteiger partial charge in [-0.25, -0.2) is 4.79 Å². The molecule has 0 aromatic rings. The summed E-state index contributed by atoms with van der Waals surface area (Å²) in [6.45, 7) is 0. The van der Waals surface area contributed by atoms with Crippen molar-refractivity contribution in [3.63, 3.8) is 0 Å². The summed E-state index contributed by atoms with van der Waals surface area (Å²) in [4.78, 5) is 21.5. The lowest BCUT2D eigenvalue weighted by Crippen LogP contribution is -2.23. The van der Waals surface area contributed by atoms with Crippen LogP contribution < -0.4 is 0 Å². The molecule has 1 atom stereocenters. The zero-order valence-electron chi connectivity index (χ0n) is 4.99. The van der Waals surface area contributed by atoms with Crippen molar-refractivity contribution in [3.8, 4) is 0 Å². The Bertz CT molecular complexity index is 243. The van der Waals surface area contributed by atoms with Crippen LogP contribution in [0.15, 0.2) is 11.6 Å². The standard InChI is InChI=1S/C6H4O3S/c7-5-3-1-4(10-2-3)6(8)9-5/h1,4H,2H2. The Kier molecular flexibility index (Phi) is 1.11. The molecule has 4 heteroatoms. The number of esters is 2. The molecular formula is C6H4O3S. The molecule has 0 fully saturated rings. The lowest BCUT2D eigenvalue weighted by molar-refractivity contribution is -0.156. The normalized spacial score (nSPS) is 30.0. The first-order valence-corrected chi connectivity index (χ1v) is 3.90. The van der Waals surface area contributed by atoms with E-state index in [0.29, 0.717) is 11.3 Å². The van der Waals surface area contributed by atoms with Gasteiger partial charge in [-0.1, -0.05) is 0 Å². The zero-order valence-corrected chi connectivity index (χ0v) is 5.81. The molecular weight excluding hydrogens is 152 g/mol. The van der Waals surface area contributed by atoms with Gasteiger partial charge in [-0.3, -0.25) is 4.79 Å². The minimum Gasteiger partial charge on any atom is -0.389 e. The Balaban J connectivity index is 2.39. The van der Waals surface area contributed by atoms with E-state index >= 15 is 0 Å². The summed E-state index contributed by atoms with van der Waals surface area (Å²) >= 11 is 1.44. The fourth-order valence-corrected chi connectivity index (χ4v) is 1.95. The maximum atomic E-state index is 10.8. The summed E-state index contributed by atoms with van der Waals surface area (Å²) in [6.07, 6.45) is 1.68. The highest BCUT2D eigenvalue weighted by molar-refractivity contribution is 8.01. The Hall–Kier alpha value is -0.770. The van der Waals surface area contributed by atoms with Gasteiger partial charge in [-0.05, 0) is 6.08 Å². The van der Waals surface area contributed by atoms with Gasteiger partial charge in [0.2, 0.25) is 0 Å². The van der Waals surface area contributed by atoms with E-state index in [1.54, 1.807) is 6.08 Å². The van der Waals surface area contributed by atoms with Crippen molar-refractivity contribution < 1.29 is 14.3 Å². The van der Waals surface area contributed by atoms with Crippen LogP contribution in [0, 0.1) is 0 Å². The summed E-state index contributed by atoms with van der Waals surface area (Å²) in [5, 5.41) is -0.215. The molecule has 0 amide bonds. The second kappa shape index (κ2) is 1.85. The molecule has 0 aliphatic carbocycles. The number of thioether (sulfide) groups is 1. The first kappa shape index (κ1) is 5.97. The molecule has 2 aliphatic rings. The van der Waals surface area contributed by atoms with Gasteiger partial charge in [0.1, 0.15) is 5.25 Å². The molecule has 0 radical (unpaired) electrons. The summed E-state index contributed by atoms with van der Waals surface area (Å²) in [5.41, 5.74) is 0.634. The van der Waals surface area contributed by atoms with Crippen LogP contribution in [0.1, 0.15) is 0 Å². The van der Waals surface area contributed by atoms with Crippen LogP contribution in [0.5, 0.6) is 0 Å². The van der Waals surface area contributed by atoms with E-state index in [-0.39, 0.29) is 5.25 Å². The maximum Gasteiger partial charge on any atom is 0.342 e. The predicted octanol–water partition coefficient (Wildman–Crippen LogP) is 0.112. The van der Waals surface area contributed by atoms with Crippen molar-refractivity contribution in [1.82, 2.24) is 0 Å². The van der Waals surface area contributed by atoms with E-state index in [9.17, 15) is 9.59 Å². The van der Waals surface area contributed by atoms with Crippen LogP contribution in [-0.4, -0.2) is 22.9 Å². The second-order valence-corrected chi connectivity index (χ2v) is 3.26. The lowest BCUT2D eigenvalue weighted by Gasteiger charge is -2.06. The van der Waals surface area contributed by atoms with Crippen LogP contribution in [0.25, 0.3) is 0 Å².